The highest BCUT2D eigenvalue weighted by molar-refractivity contribution is 5.73. The molecule has 1 aromatic carbocycles. The first-order chi connectivity index (χ1) is 11.7. The van der Waals surface area contributed by atoms with Gasteiger partial charge in [0.25, 0.3) is 0 Å². The van der Waals surface area contributed by atoms with Crippen molar-refractivity contribution >= 4 is 5.91 Å². The number of carbonyl (C=O) groups excluding carboxylic acids is 1. The van der Waals surface area contributed by atoms with Crippen LogP contribution in [-0.2, 0) is 11.3 Å². The van der Waals surface area contributed by atoms with Gasteiger partial charge in [-0.05, 0) is 17.7 Å². The average Bonchev–Trinajstić information content (AvgIpc) is 2.62. The third-order valence-electron chi connectivity index (χ3n) is 4.54. The monoisotopic (exact) mass is 325 g/mol. The number of pyridine rings is 1. The first kappa shape index (κ1) is 16.5. The largest absolute Gasteiger partial charge is 0.496 e. The molecule has 2 aromatic rings. The normalized spacial score (nSPS) is 18.4. The van der Waals surface area contributed by atoms with Gasteiger partial charge in [-0.1, -0.05) is 24.3 Å². The number of aromatic nitrogens is 1. The molecule has 0 spiro atoms. The first-order valence-corrected chi connectivity index (χ1v) is 8.20. The predicted octanol–water partition coefficient (Wildman–Crippen LogP) is 2.50. The lowest BCUT2D eigenvalue weighted by Gasteiger charge is -2.41. The molecule has 1 aromatic heterocycles. The third kappa shape index (κ3) is 3.57. The van der Waals surface area contributed by atoms with Crippen molar-refractivity contribution in [2.24, 2.45) is 0 Å². The van der Waals surface area contributed by atoms with E-state index in [1.807, 2.05) is 35.4 Å². The minimum atomic E-state index is 0.110. The Balaban J connectivity index is 1.90. The molecular formula is C19H23N3O2. The molecule has 0 unspecified atom stereocenters. The van der Waals surface area contributed by atoms with Gasteiger partial charge in [0.05, 0.1) is 13.2 Å². The molecule has 0 saturated carbocycles. The molecule has 2 heterocycles. The molecule has 0 bridgehead atoms. The maximum Gasteiger partial charge on any atom is 0.219 e. The minimum absolute atomic E-state index is 0.110. The van der Waals surface area contributed by atoms with Gasteiger partial charge in [-0.2, -0.15) is 0 Å². The summed E-state index contributed by atoms with van der Waals surface area (Å²) in [6.07, 6.45) is 3.69. The van der Waals surface area contributed by atoms with E-state index >= 15 is 0 Å². The second kappa shape index (κ2) is 7.45. The molecule has 1 aliphatic rings. The summed E-state index contributed by atoms with van der Waals surface area (Å²) in [5.74, 6) is 0.986. The van der Waals surface area contributed by atoms with E-state index < -0.39 is 0 Å². The van der Waals surface area contributed by atoms with Crippen molar-refractivity contribution < 1.29 is 9.53 Å². The van der Waals surface area contributed by atoms with Crippen LogP contribution in [0.5, 0.6) is 5.75 Å². The van der Waals surface area contributed by atoms with E-state index in [2.05, 4.69) is 22.0 Å². The topological polar surface area (TPSA) is 45.7 Å². The number of hydrogen-bond acceptors (Lipinski definition) is 4. The van der Waals surface area contributed by atoms with Crippen LogP contribution in [0.2, 0.25) is 0 Å². The Morgan fingerprint density at radius 1 is 1.25 bits per heavy atom. The predicted molar refractivity (Wildman–Crippen MR) is 92.6 cm³/mol. The maximum atomic E-state index is 11.9. The van der Waals surface area contributed by atoms with E-state index in [1.165, 1.54) is 5.56 Å². The number of para-hydroxylation sites is 1. The fourth-order valence-corrected chi connectivity index (χ4v) is 3.26. The second-order valence-corrected chi connectivity index (χ2v) is 6.05. The number of amides is 1. The van der Waals surface area contributed by atoms with Crippen LogP contribution in [0.3, 0.4) is 0 Å². The molecular weight excluding hydrogens is 302 g/mol. The first-order valence-electron chi connectivity index (χ1n) is 8.20. The molecule has 3 rings (SSSR count). The Morgan fingerprint density at radius 3 is 2.79 bits per heavy atom. The van der Waals surface area contributed by atoms with E-state index in [9.17, 15) is 4.79 Å². The summed E-state index contributed by atoms with van der Waals surface area (Å²) in [6, 6.07) is 12.2. The Bertz CT molecular complexity index is 690. The van der Waals surface area contributed by atoms with Gasteiger partial charge in [0.15, 0.2) is 0 Å². The van der Waals surface area contributed by atoms with Crippen molar-refractivity contribution in [2.75, 3.05) is 26.7 Å². The number of ether oxygens (including phenoxy) is 1. The summed E-state index contributed by atoms with van der Waals surface area (Å²) in [5, 5.41) is 0. The smallest absolute Gasteiger partial charge is 0.219 e. The quantitative estimate of drug-likeness (QED) is 0.866. The van der Waals surface area contributed by atoms with Crippen LogP contribution in [0, 0.1) is 0 Å². The van der Waals surface area contributed by atoms with Crippen LogP contribution in [0.15, 0.2) is 48.8 Å². The van der Waals surface area contributed by atoms with Gasteiger partial charge in [0.1, 0.15) is 5.75 Å². The van der Waals surface area contributed by atoms with Crippen LogP contribution in [0.4, 0.5) is 0 Å². The van der Waals surface area contributed by atoms with E-state index in [0.29, 0.717) is 6.54 Å². The summed E-state index contributed by atoms with van der Waals surface area (Å²) < 4.78 is 5.55. The molecule has 24 heavy (non-hydrogen) atoms. The lowest BCUT2D eigenvalue weighted by molar-refractivity contribution is -0.132. The zero-order valence-electron chi connectivity index (χ0n) is 14.2. The van der Waals surface area contributed by atoms with Crippen molar-refractivity contribution in [1.82, 2.24) is 14.8 Å². The van der Waals surface area contributed by atoms with Crippen molar-refractivity contribution in [3.63, 3.8) is 0 Å². The average molecular weight is 325 g/mol. The molecule has 1 amide bonds. The highest BCUT2D eigenvalue weighted by Crippen LogP contribution is 2.33. The lowest BCUT2D eigenvalue weighted by atomic mass is 10.00. The maximum absolute atomic E-state index is 11.9. The van der Waals surface area contributed by atoms with Crippen molar-refractivity contribution in [3.05, 3.63) is 59.9 Å². The number of carbonyl (C=O) groups is 1. The summed E-state index contributed by atoms with van der Waals surface area (Å²) in [6.45, 7) is 4.70. The standard InChI is InChI=1S/C19H23N3O2/c1-15(23)21-10-11-22(13-16-6-5-9-20-12-16)18(14-21)17-7-3-4-8-19(17)24-2/h3-9,12,18H,10-11,13-14H2,1-2H3/t18-/m1/s1. The lowest BCUT2D eigenvalue weighted by Crippen LogP contribution is -2.49. The van der Waals surface area contributed by atoms with Gasteiger partial charge in [-0.15, -0.1) is 0 Å². The van der Waals surface area contributed by atoms with Crippen molar-refractivity contribution in [2.45, 2.75) is 19.5 Å². The van der Waals surface area contributed by atoms with Crippen LogP contribution >= 0.6 is 0 Å². The summed E-state index contributed by atoms with van der Waals surface area (Å²) >= 11 is 0. The highest BCUT2D eigenvalue weighted by atomic mass is 16.5. The van der Waals surface area contributed by atoms with Gasteiger partial charge in [-0.25, -0.2) is 0 Å². The molecule has 5 nitrogen and oxygen atoms in total. The number of piperazine rings is 1. The number of benzene rings is 1. The van der Waals surface area contributed by atoms with Gasteiger partial charge in [0.2, 0.25) is 5.91 Å². The molecule has 1 atom stereocenters. The van der Waals surface area contributed by atoms with Crippen LogP contribution in [0.1, 0.15) is 24.1 Å². The Hall–Kier alpha value is -2.40. The Labute approximate surface area is 142 Å². The zero-order chi connectivity index (χ0) is 16.9. The van der Waals surface area contributed by atoms with Gasteiger partial charge in [0, 0.05) is 51.1 Å². The number of methoxy groups -OCH3 is 1. The Kier molecular flexibility index (Phi) is 5.11. The number of nitrogens with zero attached hydrogens (tertiary/aromatic N) is 3. The summed E-state index contributed by atoms with van der Waals surface area (Å²) in [5.41, 5.74) is 2.29. The number of hydrogen-bond donors (Lipinski definition) is 0. The molecule has 126 valence electrons. The van der Waals surface area contributed by atoms with Crippen molar-refractivity contribution in [1.29, 1.82) is 0 Å². The Morgan fingerprint density at radius 2 is 2.08 bits per heavy atom. The van der Waals surface area contributed by atoms with E-state index in [0.717, 1.165) is 30.9 Å². The fraction of sp³-hybridized carbons (Fsp3) is 0.368. The molecule has 0 aliphatic carbocycles. The molecule has 0 radical (unpaired) electrons. The molecule has 1 aliphatic heterocycles. The molecule has 0 N–H and O–H groups in total. The van der Waals surface area contributed by atoms with Crippen LogP contribution in [-0.4, -0.2) is 47.4 Å². The highest BCUT2D eigenvalue weighted by Gasteiger charge is 2.31. The SMILES string of the molecule is COc1ccccc1[C@H]1CN(C(C)=O)CCN1Cc1cccnc1. The summed E-state index contributed by atoms with van der Waals surface area (Å²) in [4.78, 5) is 20.4. The fourth-order valence-electron chi connectivity index (χ4n) is 3.26. The number of rotatable bonds is 4. The van der Waals surface area contributed by atoms with Crippen LogP contribution < -0.4 is 4.74 Å². The van der Waals surface area contributed by atoms with E-state index in [-0.39, 0.29) is 11.9 Å². The van der Waals surface area contributed by atoms with E-state index in [4.69, 9.17) is 4.74 Å². The molecule has 1 saturated heterocycles. The van der Waals surface area contributed by atoms with Gasteiger partial charge < -0.3 is 9.64 Å². The van der Waals surface area contributed by atoms with E-state index in [1.54, 1.807) is 20.2 Å². The zero-order valence-corrected chi connectivity index (χ0v) is 14.2. The van der Waals surface area contributed by atoms with Crippen molar-refractivity contribution in [3.8, 4) is 5.75 Å². The van der Waals surface area contributed by atoms with Gasteiger partial charge in [-0.3, -0.25) is 14.7 Å². The molecule has 1 fully saturated rings. The van der Waals surface area contributed by atoms with Crippen LogP contribution in [0.25, 0.3) is 0 Å². The second-order valence-electron chi connectivity index (χ2n) is 6.05. The molecule has 5 heteroatoms. The van der Waals surface area contributed by atoms with Gasteiger partial charge >= 0.3 is 0 Å². The summed E-state index contributed by atoms with van der Waals surface area (Å²) in [7, 11) is 1.69. The third-order valence-corrected chi connectivity index (χ3v) is 4.54. The minimum Gasteiger partial charge on any atom is -0.496 e.